The fraction of sp³-hybridized carbons (Fsp3) is 0.182. The molecule has 0 aliphatic carbocycles. The number of phenolic OH excluding ortho intramolecular Hbond substituents is 1. The monoisotopic (exact) mass is 393 g/mol. The molecule has 0 atom stereocenters. The molecule has 3 N–H and O–H groups in total. The number of phenols is 1. The number of nitrogens with zero attached hydrogens (tertiary/aromatic N) is 2. The summed E-state index contributed by atoms with van der Waals surface area (Å²) in [5, 5.41) is 10.6. The van der Waals surface area contributed by atoms with E-state index < -0.39 is 0 Å². The number of hydrogen-bond donors (Lipinski definition) is 2. The van der Waals surface area contributed by atoms with E-state index in [4.69, 9.17) is 19.9 Å². The van der Waals surface area contributed by atoms with Gasteiger partial charge in [-0.2, -0.15) is 0 Å². The van der Waals surface area contributed by atoms with E-state index in [9.17, 15) is 5.11 Å². The fourth-order valence-corrected chi connectivity index (χ4v) is 2.68. The van der Waals surface area contributed by atoms with Gasteiger partial charge in [0.15, 0.2) is 5.75 Å². The quantitative estimate of drug-likeness (QED) is 0.570. The molecule has 0 amide bonds. The highest BCUT2D eigenvalue weighted by molar-refractivity contribution is 5.75. The van der Waals surface area contributed by atoms with Crippen LogP contribution >= 0.6 is 0 Å². The summed E-state index contributed by atoms with van der Waals surface area (Å²) in [6.07, 6.45) is 0. The summed E-state index contributed by atoms with van der Waals surface area (Å²) in [4.78, 5) is 8.49. The Bertz CT molecular complexity index is 1050. The van der Waals surface area contributed by atoms with E-state index in [0.717, 1.165) is 5.57 Å². The predicted octanol–water partition coefficient (Wildman–Crippen LogP) is 4.50. The minimum atomic E-state index is -0.0165. The van der Waals surface area contributed by atoms with Crippen LogP contribution in [-0.4, -0.2) is 28.8 Å². The van der Waals surface area contributed by atoms with Crippen molar-refractivity contribution in [3.63, 3.8) is 0 Å². The number of methoxy groups -OCH3 is 1. The van der Waals surface area contributed by atoms with Gasteiger partial charge in [0.1, 0.15) is 35.3 Å². The molecule has 7 nitrogen and oxygen atoms in total. The second-order valence-electron chi connectivity index (χ2n) is 6.55. The first kappa shape index (κ1) is 20.0. The van der Waals surface area contributed by atoms with Crippen LogP contribution in [0.4, 0.5) is 5.95 Å². The summed E-state index contributed by atoms with van der Waals surface area (Å²) < 4.78 is 16.9. The van der Waals surface area contributed by atoms with Crippen LogP contribution in [0.25, 0.3) is 11.3 Å². The molecule has 0 unspecified atom stereocenters. The van der Waals surface area contributed by atoms with Crippen LogP contribution in [0.3, 0.4) is 0 Å². The molecule has 150 valence electrons. The zero-order valence-electron chi connectivity index (χ0n) is 16.6. The topological polar surface area (TPSA) is 99.7 Å². The third-order valence-electron chi connectivity index (χ3n) is 4.02. The number of hydrogen-bond acceptors (Lipinski definition) is 7. The molecular formula is C22H23N3O4. The maximum atomic E-state index is 10.6. The Balaban J connectivity index is 2.01. The summed E-state index contributed by atoms with van der Waals surface area (Å²) in [6, 6.07) is 12.1. The highest BCUT2D eigenvalue weighted by atomic mass is 16.5. The van der Waals surface area contributed by atoms with Crippen molar-refractivity contribution in [3.05, 3.63) is 60.3 Å². The molecule has 0 spiro atoms. The summed E-state index contributed by atoms with van der Waals surface area (Å²) in [7, 11) is 1.58. The smallest absolute Gasteiger partial charge is 0.221 e. The van der Waals surface area contributed by atoms with Gasteiger partial charge in [-0.25, -0.2) is 9.97 Å². The minimum absolute atomic E-state index is 0.0165. The summed E-state index contributed by atoms with van der Waals surface area (Å²) in [5.74, 6) is 2.17. The van der Waals surface area contributed by atoms with Crippen molar-refractivity contribution >= 4 is 5.95 Å². The van der Waals surface area contributed by atoms with Gasteiger partial charge in [0.25, 0.3) is 0 Å². The van der Waals surface area contributed by atoms with E-state index in [1.807, 2.05) is 19.1 Å². The van der Waals surface area contributed by atoms with Crippen molar-refractivity contribution in [2.75, 3.05) is 19.5 Å². The van der Waals surface area contributed by atoms with Crippen molar-refractivity contribution in [2.24, 2.45) is 0 Å². The Labute approximate surface area is 169 Å². The fourth-order valence-electron chi connectivity index (χ4n) is 2.68. The summed E-state index contributed by atoms with van der Waals surface area (Å²) >= 11 is 0. The van der Waals surface area contributed by atoms with E-state index >= 15 is 0 Å². The molecule has 0 bridgehead atoms. The number of nitrogen functional groups attached to an aromatic ring is 1. The van der Waals surface area contributed by atoms with Gasteiger partial charge in [-0.05, 0) is 43.7 Å². The zero-order chi connectivity index (χ0) is 21.0. The molecule has 0 saturated carbocycles. The number of anilines is 1. The molecule has 0 aliphatic rings. The second kappa shape index (κ2) is 8.52. The van der Waals surface area contributed by atoms with Gasteiger partial charge in [0.2, 0.25) is 5.95 Å². The SMILES string of the molecule is C=C(C)COc1ccc(-c2nc(N)nc(C)c2Oc2cccc(OC)c2)c(O)c1. The first-order valence-corrected chi connectivity index (χ1v) is 8.94. The average Bonchev–Trinajstić information content (AvgIpc) is 2.68. The number of benzene rings is 2. The number of aryl methyl sites for hydroxylation is 1. The number of nitrogens with two attached hydrogens (primary N) is 1. The number of aromatic hydroxyl groups is 1. The van der Waals surface area contributed by atoms with Crippen LogP contribution < -0.4 is 19.9 Å². The molecule has 7 heteroatoms. The maximum Gasteiger partial charge on any atom is 0.221 e. The molecule has 2 aromatic carbocycles. The standard InChI is InChI=1S/C22H23N3O4/c1-13(2)12-28-16-8-9-18(19(26)11-16)20-21(14(3)24-22(23)25-20)29-17-7-5-6-15(10-17)27-4/h5-11,26H,1,12H2,2-4H3,(H2,23,24,25). The Morgan fingerprint density at radius 2 is 1.86 bits per heavy atom. The van der Waals surface area contributed by atoms with Crippen LogP contribution in [0.15, 0.2) is 54.6 Å². The third kappa shape index (κ3) is 4.76. The van der Waals surface area contributed by atoms with Crippen molar-refractivity contribution in [3.8, 4) is 40.0 Å². The zero-order valence-corrected chi connectivity index (χ0v) is 16.6. The molecule has 0 radical (unpaired) electrons. The first-order chi connectivity index (χ1) is 13.9. The molecule has 0 fully saturated rings. The Morgan fingerprint density at radius 3 is 2.55 bits per heavy atom. The van der Waals surface area contributed by atoms with E-state index in [0.29, 0.717) is 46.6 Å². The maximum absolute atomic E-state index is 10.6. The lowest BCUT2D eigenvalue weighted by Gasteiger charge is -2.15. The highest BCUT2D eigenvalue weighted by Gasteiger charge is 2.19. The van der Waals surface area contributed by atoms with E-state index in [-0.39, 0.29) is 11.7 Å². The van der Waals surface area contributed by atoms with Gasteiger partial charge in [-0.15, -0.1) is 0 Å². The van der Waals surface area contributed by atoms with Crippen LogP contribution in [0.5, 0.6) is 28.7 Å². The minimum Gasteiger partial charge on any atom is -0.507 e. The van der Waals surface area contributed by atoms with E-state index in [1.165, 1.54) is 6.07 Å². The Kier molecular flexibility index (Phi) is 5.87. The lowest BCUT2D eigenvalue weighted by Crippen LogP contribution is -2.03. The number of rotatable bonds is 7. The van der Waals surface area contributed by atoms with Gasteiger partial charge in [0.05, 0.1) is 12.8 Å². The van der Waals surface area contributed by atoms with Crippen molar-refractivity contribution < 1.29 is 19.3 Å². The van der Waals surface area contributed by atoms with E-state index in [1.54, 1.807) is 38.3 Å². The van der Waals surface area contributed by atoms with Gasteiger partial charge < -0.3 is 25.1 Å². The average molecular weight is 393 g/mol. The predicted molar refractivity (Wildman–Crippen MR) is 112 cm³/mol. The van der Waals surface area contributed by atoms with Gasteiger partial charge in [-0.1, -0.05) is 12.6 Å². The van der Waals surface area contributed by atoms with Crippen molar-refractivity contribution in [2.45, 2.75) is 13.8 Å². The van der Waals surface area contributed by atoms with Crippen molar-refractivity contribution in [1.29, 1.82) is 0 Å². The van der Waals surface area contributed by atoms with Crippen LogP contribution in [0, 0.1) is 6.92 Å². The van der Waals surface area contributed by atoms with Crippen LogP contribution in [-0.2, 0) is 0 Å². The van der Waals surface area contributed by atoms with Gasteiger partial charge in [-0.3, -0.25) is 0 Å². The molecule has 3 aromatic rings. The number of aromatic nitrogens is 2. The molecular weight excluding hydrogens is 370 g/mol. The summed E-state index contributed by atoms with van der Waals surface area (Å²) in [6.45, 7) is 7.79. The Hall–Kier alpha value is -3.74. The Morgan fingerprint density at radius 1 is 1.10 bits per heavy atom. The molecule has 0 aliphatic heterocycles. The lowest BCUT2D eigenvalue weighted by molar-refractivity contribution is 0.350. The molecule has 3 rings (SSSR count). The molecule has 0 saturated heterocycles. The third-order valence-corrected chi connectivity index (χ3v) is 4.02. The van der Waals surface area contributed by atoms with E-state index in [2.05, 4.69) is 16.5 Å². The molecule has 1 heterocycles. The van der Waals surface area contributed by atoms with Crippen LogP contribution in [0.1, 0.15) is 12.6 Å². The largest absolute Gasteiger partial charge is 0.507 e. The van der Waals surface area contributed by atoms with Gasteiger partial charge in [0, 0.05) is 17.7 Å². The highest BCUT2D eigenvalue weighted by Crippen LogP contribution is 2.40. The first-order valence-electron chi connectivity index (χ1n) is 8.94. The van der Waals surface area contributed by atoms with Crippen LogP contribution in [0.2, 0.25) is 0 Å². The summed E-state index contributed by atoms with van der Waals surface area (Å²) in [5.41, 5.74) is 8.09. The molecule has 1 aromatic heterocycles. The second-order valence-corrected chi connectivity index (χ2v) is 6.55. The number of ether oxygens (including phenoxy) is 3. The van der Waals surface area contributed by atoms with Gasteiger partial charge >= 0.3 is 0 Å². The lowest BCUT2D eigenvalue weighted by atomic mass is 10.1. The van der Waals surface area contributed by atoms with Crippen molar-refractivity contribution in [1.82, 2.24) is 9.97 Å². The normalized spacial score (nSPS) is 10.4. The molecule has 29 heavy (non-hydrogen) atoms.